The molecule has 2 N–H and O–H groups in total. The smallest absolute Gasteiger partial charge is 0.395 e. The molecule has 0 amide bonds. The number of aliphatic hydroxyl groups excluding tert-OH is 1. The Hall–Kier alpha value is -1.18. The lowest BCUT2D eigenvalue weighted by Gasteiger charge is -2.25. The first-order valence-electron chi connectivity index (χ1n) is 6.69. The molecule has 0 fully saturated rings. The van der Waals surface area contributed by atoms with E-state index in [0.29, 0.717) is 12.0 Å². The van der Waals surface area contributed by atoms with Crippen LogP contribution in [0.1, 0.15) is 18.0 Å². The van der Waals surface area contributed by atoms with Crippen LogP contribution in [0.2, 0.25) is 0 Å². The standard InChI is InChI=1S/C14H20F4N2O/c1-19-13(11-4-2-3-5-12(11)15)6-7-20(8-9-21)10-14(16,17)18/h2-5,13,19,21H,6-10H2,1H3. The van der Waals surface area contributed by atoms with Crippen molar-refractivity contribution in [3.05, 3.63) is 35.6 Å². The highest BCUT2D eigenvalue weighted by Gasteiger charge is 2.30. The number of halogens is 4. The van der Waals surface area contributed by atoms with Gasteiger partial charge < -0.3 is 10.4 Å². The van der Waals surface area contributed by atoms with Crippen LogP contribution in [0.25, 0.3) is 0 Å². The maximum atomic E-state index is 13.7. The molecule has 0 saturated carbocycles. The maximum absolute atomic E-state index is 13.7. The first kappa shape index (κ1) is 17.9. The summed E-state index contributed by atoms with van der Waals surface area (Å²) in [6.07, 6.45) is -4.00. The fourth-order valence-corrected chi connectivity index (χ4v) is 2.19. The lowest BCUT2D eigenvalue weighted by molar-refractivity contribution is -0.147. The van der Waals surface area contributed by atoms with Gasteiger partial charge in [-0.25, -0.2) is 4.39 Å². The average Bonchev–Trinajstić information content (AvgIpc) is 2.39. The molecule has 7 heteroatoms. The van der Waals surface area contributed by atoms with Crippen LogP contribution < -0.4 is 5.32 Å². The second-order valence-electron chi connectivity index (χ2n) is 4.77. The molecule has 3 nitrogen and oxygen atoms in total. The molecular formula is C14H20F4N2O. The molecule has 120 valence electrons. The number of rotatable bonds is 8. The highest BCUT2D eigenvalue weighted by atomic mass is 19.4. The van der Waals surface area contributed by atoms with Crippen LogP contribution in [0.3, 0.4) is 0 Å². The van der Waals surface area contributed by atoms with E-state index < -0.39 is 12.7 Å². The number of hydrogen-bond donors (Lipinski definition) is 2. The molecule has 0 spiro atoms. The number of aliphatic hydroxyl groups is 1. The van der Waals surface area contributed by atoms with E-state index in [2.05, 4.69) is 5.32 Å². The molecule has 21 heavy (non-hydrogen) atoms. The van der Waals surface area contributed by atoms with Gasteiger partial charge in [0.1, 0.15) is 5.82 Å². The number of alkyl halides is 3. The Labute approximate surface area is 121 Å². The second kappa shape index (κ2) is 8.31. The lowest BCUT2D eigenvalue weighted by atomic mass is 10.0. The van der Waals surface area contributed by atoms with Crippen molar-refractivity contribution in [2.45, 2.75) is 18.6 Å². The summed E-state index contributed by atoms with van der Waals surface area (Å²) in [6, 6.07) is 5.80. The zero-order valence-electron chi connectivity index (χ0n) is 11.8. The van der Waals surface area contributed by atoms with Crippen molar-refractivity contribution >= 4 is 0 Å². The second-order valence-corrected chi connectivity index (χ2v) is 4.77. The Morgan fingerprint density at radius 3 is 2.43 bits per heavy atom. The Balaban J connectivity index is 2.66. The quantitative estimate of drug-likeness (QED) is 0.724. The van der Waals surface area contributed by atoms with Gasteiger partial charge in [-0.15, -0.1) is 0 Å². The average molecular weight is 308 g/mol. The van der Waals surface area contributed by atoms with E-state index in [-0.39, 0.29) is 31.6 Å². The number of hydrogen-bond acceptors (Lipinski definition) is 3. The minimum atomic E-state index is -4.32. The van der Waals surface area contributed by atoms with Gasteiger partial charge in [-0.05, 0) is 19.5 Å². The highest BCUT2D eigenvalue weighted by Crippen LogP contribution is 2.21. The number of nitrogens with zero attached hydrogens (tertiary/aromatic N) is 1. The van der Waals surface area contributed by atoms with E-state index in [0.717, 1.165) is 4.90 Å². The fourth-order valence-electron chi connectivity index (χ4n) is 2.19. The highest BCUT2D eigenvalue weighted by molar-refractivity contribution is 5.21. The summed E-state index contributed by atoms with van der Waals surface area (Å²) in [5.74, 6) is -0.388. The van der Waals surface area contributed by atoms with E-state index >= 15 is 0 Å². The van der Waals surface area contributed by atoms with Crippen molar-refractivity contribution in [2.75, 3.05) is 33.3 Å². The molecule has 1 atom stereocenters. The third kappa shape index (κ3) is 6.41. The van der Waals surface area contributed by atoms with E-state index in [1.807, 2.05) is 0 Å². The van der Waals surface area contributed by atoms with Crippen molar-refractivity contribution in [1.82, 2.24) is 10.2 Å². The topological polar surface area (TPSA) is 35.5 Å². The first-order chi connectivity index (χ1) is 9.87. The predicted molar refractivity (Wildman–Crippen MR) is 72.4 cm³/mol. The Morgan fingerprint density at radius 2 is 1.90 bits per heavy atom. The van der Waals surface area contributed by atoms with Crippen LogP contribution in [-0.2, 0) is 0 Å². The van der Waals surface area contributed by atoms with Crippen LogP contribution >= 0.6 is 0 Å². The molecule has 0 radical (unpaired) electrons. The summed E-state index contributed by atoms with van der Waals surface area (Å²) in [7, 11) is 1.64. The van der Waals surface area contributed by atoms with Crippen molar-refractivity contribution in [1.29, 1.82) is 0 Å². The molecule has 0 bridgehead atoms. The van der Waals surface area contributed by atoms with Crippen LogP contribution in [0.15, 0.2) is 24.3 Å². The molecule has 0 heterocycles. The molecule has 0 aromatic heterocycles. The summed E-state index contributed by atoms with van der Waals surface area (Å²) in [5, 5.41) is 11.7. The van der Waals surface area contributed by atoms with E-state index in [4.69, 9.17) is 5.11 Å². The van der Waals surface area contributed by atoms with Gasteiger partial charge in [0.05, 0.1) is 13.2 Å². The normalized spacial score (nSPS) is 13.7. The van der Waals surface area contributed by atoms with Crippen molar-refractivity contribution in [3.8, 4) is 0 Å². The van der Waals surface area contributed by atoms with Gasteiger partial charge in [-0.2, -0.15) is 13.2 Å². The van der Waals surface area contributed by atoms with E-state index in [9.17, 15) is 17.6 Å². The first-order valence-corrected chi connectivity index (χ1v) is 6.69. The maximum Gasteiger partial charge on any atom is 0.401 e. The number of nitrogens with one attached hydrogen (secondary N) is 1. The fraction of sp³-hybridized carbons (Fsp3) is 0.571. The molecule has 0 aliphatic rings. The minimum Gasteiger partial charge on any atom is -0.395 e. The number of benzene rings is 1. The van der Waals surface area contributed by atoms with Gasteiger partial charge >= 0.3 is 6.18 Å². The van der Waals surface area contributed by atoms with Gasteiger partial charge in [0, 0.05) is 24.7 Å². The van der Waals surface area contributed by atoms with E-state index in [1.54, 1.807) is 25.2 Å². The minimum absolute atomic E-state index is 0.0623. The van der Waals surface area contributed by atoms with Gasteiger partial charge in [0.2, 0.25) is 0 Å². The molecule has 0 saturated heterocycles. The van der Waals surface area contributed by atoms with Gasteiger partial charge in [-0.1, -0.05) is 18.2 Å². The molecule has 1 aromatic carbocycles. The van der Waals surface area contributed by atoms with Crippen LogP contribution in [0.5, 0.6) is 0 Å². The molecule has 0 aliphatic heterocycles. The third-order valence-corrected chi connectivity index (χ3v) is 3.18. The zero-order valence-corrected chi connectivity index (χ0v) is 11.8. The zero-order chi connectivity index (χ0) is 15.9. The Morgan fingerprint density at radius 1 is 1.24 bits per heavy atom. The van der Waals surface area contributed by atoms with Gasteiger partial charge in [0.15, 0.2) is 0 Å². The van der Waals surface area contributed by atoms with Crippen molar-refractivity contribution < 1.29 is 22.7 Å². The van der Waals surface area contributed by atoms with Crippen molar-refractivity contribution in [3.63, 3.8) is 0 Å². The lowest BCUT2D eigenvalue weighted by Crippen LogP contribution is -2.38. The van der Waals surface area contributed by atoms with Gasteiger partial charge in [0.25, 0.3) is 0 Å². The van der Waals surface area contributed by atoms with Crippen LogP contribution in [-0.4, -0.2) is 49.5 Å². The molecular weight excluding hydrogens is 288 g/mol. The summed E-state index contributed by atoms with van der Waals surface area (Å²) in [5.41, 5.74) is 0.427. The predicted octanol–water partition coefficient (Wildman–Crippen LogP) is 2.33. The summed E-state index contributed by atoms with van der Waals surface area (Å²) < 4.78 is 51.0. The molecule has 0 aliphatic carbocycles. The summed E-state index contributed by atoms with van der Waals surface area (Å²) in [6.45, 7) is -1.38. The van der Waals surface area contributed by atoms with Crippen LogP contribution in [0, 0.1) is 5.82 Å². The van der Waals surface area contributed by atoms with Gasteiger partial charge in [-0.3, -0.25) is 4.90 Å². The molecule has 1 aromatic rings. The molecule has 1 unspecified atom stereocenters. The monoisotopic (exact) mass is 308 g/mol. The molecule has 1 rings (SSSR count). The third-order valence-electron chi connectivity index (χ3n) is 3.18. The van der Waals surface area contributed by atoms with Crippen molar-refractivity contribution in [2.24, 2.45) is 0 Å². The largest absolute Gasteiger partial charge is 0.401 e. The SMILES string of the molecule is CNC(CCN(CCO)CC(F)(F)F)c1ccccc1F. The summed E-state index contributed by atoms with van der Waals surface area (Å²) >= 11 is 0. The summed E-state index contributed by atoms with van der Waals surface area (Å²) in [4.78, 5) is 1.12. The Kier molecular flexibility index (Phi) is 7.07. The van der Waals surface area contributed by atoms with E-state index in [1.165, 1.54) is 6.07 Å². The van der Waals surface area contributed by atoms with Crippen LogP contribution in [0.4, 0.5) is 17.6 Å². The Bertz CT molecular complexity index is 426.